The van der Waals surface area contributed by atoms with Crippen molar-refractivity contribution in [3.05, 3.63) is 59.9 Å². The summed E-state index contributed by atoms with van der Waals surface area (Å²) in [6.07, 6.45) is 3.31. The SMILES string of the molecule is COc1cccc(C(=O)OCCNC(=O)c2ccc[nH+]c2)c1. The van der Waals surface area contributed by atoms with E-state index in [4.69, 9.17) is 9.47 Å². The van der Waals surface area contributed by atoms with Crippen LogP contribution >= 0.6 is 0 Å². The number of aromatic nitrogens is 1. The predicted molar refractivity (Wildman–Crippen MR) is 78.6 cm³/mol. The van der Waals surface area contributed by atoms with Crippen molar-refractivity contribution in [3.8, 4) is 5.75 Å². The number of ether oxygens (including phenoxy) is 2. The van der Waals surface area contributed by atoms with E-state index in [1.807, 2.05) is 0 Å². The summed E-state index contributed by atoms with van der Waals surface area (Å²) in [5.74, 6) is -0.0986. The maximum atomic E-state index is 11.8. The molecule has 22 heavy (non-hydrogen) atoms. The van der Waals surface area contributed by atoms with Crippen molar-refractivity contribution in [3.63, 3.8) is 0 Å². The summed E-state index contributed by atoms with van der Waals surface area (Å²) >= 11 is 0. The van der Waals surface area contributed by atoms with Crippen molar-refractivity contribution in [2.24, 2.45) is 0 Å². The number of methoxy groups -OCH3 is 1. The third-order valence-electron chi connectivity index (χ3n) is 2.90. The van der Waals surface area contributed by atoms with Crippen LogP contribution in [0.1, 0.15) is 20.7 Å². The van der Waals surface area contributed by atoms with E-state index in [0.717, 1.165) is 0 Å². The fourth-order valence-electron chi connectivity index (χ4n) is 1.78. The minimum atomic E-state index is -0.457. The van der Waals surface area contributed by atoms with E-state index >= 15 is 0 Å². The fourth-order valence-corrected chi connectivity index (χ4v) is 1.78. The summed E-state index contributed by atoms with van der Waals surface area (Å²) < 4.78 is 10.1. The molecule has 0 fully saturated rings. The van der Waals surface area contributed by atoms with Crippen molar-refractivity contribution < 1.29 is 24.0 Å². The van der Waals surface area contributed by atoms with Gasteiger partial charge in [0.05, 0.1) is 19.2 Å². The van der Waals surface area contributed by atoms with Gasteiger partial charge in [0.25, 0.3) is 5.91 Å². The second kappa shape index (κ2) is 7.78. The number of hydrogen-bond donors (Lipinski definition) is 1. The highest BCUT2D eigenvalue weighted by Crippen LogP contribution is 2.13. The Morgan fingerprint density at radius 1 is 1.18 bits per heavy atom. The maximum Gasteiger partial charge on any atom is 0.338 e. The number of pyridine rings is 1. The zero-order chi connectivity index (χ0) is 15.8. The highest BCUT2D eigenvalue weighted by Gasteiger charge is 2.09. The zero-order valence-corrected chi connectivity index (χ0v) is 12.2. The number of rotatable bonds is 6. The number of carbonyl (C=O) groups excluding carboxylic acids is 2. The molecule has 0 aliphatic heterocycles. The summed E-state index contributed by atoms with van der Waals surface area (Å²) in [6.45, 7) is 0.335. The van der Waals surface area contributed by atoms with Crippen LogP contribution in [0.4, 0.5) is 0 Å². The van der Waals surface area contributed by atoms with Gasteiger partial charge in [0.1, 0.15) is 17.9 Å². The Morgan fingerprint density at radius 3 is 2.73 bits per heavy atom. The molecule has 0 unspecified atom stereocenters. The standard InChI is InChI=1S/C16H16N2O4/c1-21-14-6-2-4-12(10-14)16(20)22-9-8-18-15(19)13-5-3-7-17-11-13/h2-7,10-11H,8-9H2,1H3,(H,18,19)/p+1. The molecule has 0 bridgehead atoms. The largest absolute Gasteiger partial charge is 0.497 e. The highest BCUT2D eigenvalue weighted by atomic mass is 16.5. The Bertz CT molecular complexity index is 644. The van der Waals surface area contributed by atoms with E-state index < -0.39 is 5.97 Å². The van der Waals surface area contributed by atoms with Crippen LogP contribution in [0.5, 0.6) is 5.75 Å². The van der Waals surface area contributed by atoms with Gasteiger partial charge in [-0.05, 0) is 24.3 Å². The van der Waals surface area contributed by atoms with E-state index in [1.165, 1.54) is 7.11 Å². The van der Waals surface area contributed by atoms with Crippen LogP contribution in [0, 0.1) is 0 Å². The Balaban J connectivity index is 1.76. The van der Waals surface area contributed by atoms with Crippen LogP contribution in [-0.4, -0.2) is 32.1 Å². The molecule has 0 saturated heterocycles. The van der Waals surface area contributed by atoms with Crippen LogP contribution in [0.3, 0.4) is 0 Å². The molecular weight excluding hydrogens is 284 g/mol. The lowest BCUT2D eigenvalue weighted by Gasteiger charge is -2.07. The molecule has 0 saturated carbocycles. The first-order valence-corrected chi connectivity index (χ1v) is 6.76. The monoisotopic (exact) mass is 301 g/mol. The molecule has 0 aliphatic carbocycles. The van der Waals surface area contributed by atoms with Crippen LogP contribution < -0.4 is 15.0 Å². The molecule has 0 spiro atoms. The molecule has 6 nitrogen and oxygen atoms in total. The Labute approximate surface area is 128 Å². The molecule has 114 valence electrons. The second-order valence-electron chi connectivity index (χ2n) is 4.42. The van der Waals surface area contributed by atoms with E-state index in [0.29, 0.717) is 16.9 Å². The number of carbonyl (C=O) groups is 2. The van der Waals surface area contributed by atoms with E-state index in [1.54, 1.807) is 48.8 Å². The minimum Gasteiger partial charge on any atom is -0.497 e. The first-order valence-electron chi connectivity index (χ1n) is 6.76. The fraction of sp³-hybridized carbons (Fsp3) is 0.188. The molecular formula is C16H17N2O4+. The molecule has 1 amide bonds. The van der Waals surface area contributed by atoms with E-state index in [9.17, 15) is 9.59 Å². The summed E-state index contributed by atoms with van der Waals surface area (Å²) in [6, 6.07) is 10.1. The molecule has 2 rings (SSSR count). The van der Waals surface area contributed by atoms with Gasteiger partial charge in [-0.2, -0.15) is 0 Å². The Kier molecular flexibility index (Phi) is 5.48. The smallest absolute Gasteiger partial charge is 0.338 e. The molecule has 1 heterocycles. The van der Waals surface area contributed by atoms with Gasteiger partial charge in [-0.1, -0.05) is 6.07 Å². The third kappa shape index (κ3) is 4.31. The van der Waals surface area contributed by atoms with Gasteiger partial charge in [-0.3, -0.25) is 4.79 Å². The van der Waals surface area contributed by atoms with Crippen molar-refractivity contribution in [2.45, 2.75) is 0 Å². The minimum absolute atomic E-state index is 0.0956. The van der Waals surface area contributed by atoms with E-state index in [-0.39, 0.29) is 19.1 Å². The van der Waals surface area contributed by atoms with Gasteiger partial charge in [0, 0.05) is 6.07 Å². The van der Waals surface area contributed by atoms with Gasteiger partial charge in [0.2, 0.25) is 0 Å². The molecule has 2 aromatic rings. The normalized spacial score (nSPS) is 9.86. The lowest BCUT2D eigenvalue weighted by atomic mass is 10.2. The van der Waals surface area contributed by atoms with Gasteiger partial charge >= 0.3 is 5.97 Å². The zero-order valence-electron chi connectivity index (χ0n) is 12.2. The molecule has 1 aromatic heterocycles. The topological polar surface area (TPSA) is 78.8 Å². The molecule has 2 N–H and O–H groups in total. The van der Waals surface area contributed by atoms with Gasteiger partial charge in [-0.15, -0.1) is 0 Å². The average Bonchev–Trinajstić information content (AvgIpc) is 2.59. The van der Waals surface area contributed by atoms with Crippen molar-refractivity contribution in [2.75, 3.05) is 20.3 Å². The lowest BCUT2D eigenvalue weighted by molar-refractivity contribution is -0.378. The third-order valence-corrected chi connectivity index (χ3v) is 2.90. The molecule has 0 aliphatic rings. The van der Waals surface area contributed by atoms with Crippen molar-refractivity contribution >= 4 is 11.9 Å². The number of esters is 1. The number of benzene rings is 1. The summed E-state index contributed by atoms with van der Waals surface area (Å²) in [7, 11) is 1.53. The van der Waals surface area contributed by atoms with Gasteiger partial charge in [-0.25, -0.2) is 9.78 Å². The average molecular weight is 301 g/mol. The number of nitrogens with one attached hydrogen (secondary N) is 2. The first-order chi connectivity index (χ1) is 10.7. The lowest BCUT2D eigenvalue weighted by Crippen LogP contribution is -2.28. The van der Waals surface area contributed by atoms with Crippen molar-refractivity contribution in [1.29, 1.82) is 0 Å². The number of H-pyrrole nitrogens is 1. The first kappa shape index (κ1) is 15.5. The Hall–Kier alpha value is -2.89. The molecule has 1 aromatic carbocycles. The van der Waals surface area contributed by atoms with Crippen LogP contribution in [0.25, 0.3) is 0 Å². The molecule has 0 radical (unpaired) electrons. The summed E-state index contributed by atoms with van der Waals surface area (Å²) in [4.78, 5) is 26.4. The Morgan fingerprint density at radius 2 is 2.00 bits per heavy atom. The van der Waals surface area contributed by atoms with Crippen LogP contribution in [0.15, 0.2) is 48.8 Å². The highest BCUT2D eigenvalue weighted by molar-refractivity contribution is 5.93. The maximum absolute atomic E-state index is 11.8. The molecule has 6 heteroatoms. The second-order valence-corrected chi connectivity index (χ2v) is 4.42. The van der Waals surface area contributed by atoms with Crippen LogP contribution in [0.2, 0.25) is 0 Å². The summed E-state index contributed by atoms with van der Waals surface area (Å²) in [5.41, 5.74) is 0.921. The number of aromatic amines is 1. The predicted octanol–water partition coefficient (Wildman–Crippen LogP) is 1.10. The number of hydrogen-bond acceptors (Lipinski definition) is 4. The van der Waals surface area contributed by atoms with Gasteiger partial charge < -0.3 is 14.8 Å². The van der Waals surface area contributed by atoms with E-state index in [2.05, 4.69) is 10.3 Å². The van der Waals surface area contributed by atoms with Crippen LogP contribution in [-0.2, 0) is 4.74 Å². The van der Waals surface area contributed by atoms with Gasteiger partial charge in [0.15, 0.2) is 12.4 Å². The number of amides is 1. The quantitative estimate of drug-likeness (QED) is 0.640. The summed E-state index contributed by atoms with van der Waals surface area (Å²) in [5, 5.41) is 2.67. The molecule has 0 atom stereocenters. The van der Waals surface area contributed by atoms with Crippen molar-refractivity contribution in [1.82, 2.24) is 5.32 Å².